The third kappa shape index (κ3) is 5.89. The van der Waals surface area contributed by atoms with Crippen LogP contribution in [0.3, 0.4) is 0 Å². The van der Waals surface area contributed by atoms with Crippen molar-refractivity contribution in [3.05, 3.63) is 86.4 Å². The number of halogens is 4. The SMILES string of the molecule is COc1ccc(CN2c3cc(Br)c(F)c(C(N)=O)c3N(C(c3cc(F)ccc3Cl)C(O)NC(C)(C)C)C2O)cc1. The first-order chi connectivity index (χ1) is 18.7. The highest BCUT2D eigenvalue weighted by Crippen LogP contribution is 2.50. The molecule has 5 N–H and O–H groups in total. The van der Waals surface area contributed by atoms with E-state index in [9.17, 15) is 19.4 Å². The highest BCUT2D eigenvalue weighted by atomic mass is 79.9. The highest BCUT2D eigenvalue weighted by Gasteiger charge is 2.46. The quantitative estimate of drug-likeness (QED) is 0.256. The smallest absolute Gasteiger partial charge is 0.253 e. The molecule has 1 amide bonds. The minimum Gasteiger partial charge on any atom is -0.497 e. The van der Waals surface area contributed by atoms with E-state index >= 15 is 4.39 Å². The number of ether oxygens (including phenoxy) is 1. The largest absolute Gasteiger partial charge is 0.497 e. The molecule has 0 fully saturated rings. The molecule has 1 aliphatic heterocycles. The lowest BCUT2D eigenvalue weighted by Gasteiger charge is -2.40. The van der Waals surface area contributed by atoms with E-state index in [1.54, 1.807) is 52.1 Å². The summed E-state index contributed by atoms with van der Waals surface area (Å²) in [7, 11) is 1.54. The van der Waals surface area contributed by atoms with Crippen molar-refractivity contribution in [1.29, 1.82) is 0 Å². The molecular weight excluding hydrogens is 610 g/mol. The number of benzene rings is 3. The van der Waals surface area contributed by atoms with Gasteiger partial charge in [0.05, 0.1) is 29.0 Å². The fourth-order valence-corrected chi connectivity index (χ4v) is 5.46. The third-order valence-electron chi connectivity index (χ3n) is 6.48. The molecule has 0 spiro atoms. The van der Waals surface area contributed by atoms with Gasteiger partial charge in [0, 0.05) is 22.7 Å². The number of amides is 1. The summed E-state index contributed by atoms with van der Waals surface area (Å²) >= 11 is 9.65. The molecule has 0 aliphatic carbocycles. The summed E-state index contributed by atoms with van der Waals surface area (Å²) in [5.41, 5.74) is 5.53. The van der Waals surface area contributed by atoms with E-state index in [4.69, 9.17) is 22.1 Å². The van der Waals surface area contributed by atoms with Gasteiger partial charge in [-0.2, -0.15) is 0 Å². The number of primary amides is 1. The first-order valence-corrected chi connectivity index (χ1v) is 13.5. The van der Waals surface area contributed by atoms with Crippen molar-refractivity contribution < 1.29 is 28.5 Å². The summed E-state index contributed by atoms with van der Waals surface area (Å²) in [5, 5.41) is 26.4. The number of aliphatic hydroxyl groups is 2. The number of anilines is 2. The molecule has 0 bridgehead atoms. The van der Waals surface area contributed by atoms with Crippen LogP contribution >= 0.6 is 27.5 Å². The van der Waals surface area contributed by atoms with Crippen LogP contribution < -0.4 is 25.6 Å². The number of hydrogen-bond donors (Lipinski definition) is 4. The van der Waals surface area contributed by atoms with Gasteiger partial charge in [-0.1, -0.05) is 23.7 Å². The van der Waals surface area contributed by atoms with Gasteiger partial charge in [0.1, 0.15) is 23.4 Å². The number of nitrogens with zero attached hydrogens (tertiary/aromatic N) is 2. The predicted molar refractivity (Wildman–Crippen MR) is 153 cm³/mol. The fraction of sp³-hybridized carbons (Fsp3) is 0.321. The van der Waals surface area contributed by atoms with Crippen molar-refractivity contribution in [2.45, 2.75) is 51.5 Å². The molecule has 0 radical (unpaired) electrons. The van der Waals surface area contributed by atoms with Crippen LogP contribution in [0.1, 0.15) is 48.3 Å². The normalized spacial score (nSPS) is 16.6. The fourth-order valence-electron chi connectivity index (χ4n) is 4.81. The molecule has 1 heterocycles. The van der Waals surface area contributed by atoms with Crippen LogP contribution in [-0.2, 0) is 6.54 Å². The molecule has 12 heteroatoms. The average molecular weight is 640 g/mol. The maximum absolute atomic E-state index is 15.5. The van der Waals surface area contributed by atoms with Crippen molar-refractivity contribution in [3.63, 3.8) is 0 Å². The monoisotopic (exact) mass is 638 g/mol. The molecule has 3 aromatic carbocycles. The third-order valence-corrected chi connectivity index (χ3v) is 7.40. The molecule has 3 aromatic rings. The molecule has 40 heavy (non-hydrogen) atoms. The minimum absolute atomic E-state index is 0.0532. The number of hydrogen-bond acceptors (Lipinski definition) is 7. The Morgan fingerprint density at radius 1 is 1.20 bits per heavy atom. The van der Waals surface area contributed by atoms with Crippen molar-refractivity contribution in [2.24, 2.45) is 5.73 Å². The first kappa shape index (κ1) is 30.0. The van der Waals surface area contributed by atoms with E-state index in [2.05, 4.69) is 21.2 Å². The summed E-state index contributed by atoms with van der Waals surface area (Å²) in [6, 6.07) is 10.8. The zero-order chi connectivity index (χ0) is 29.5. The number of aliphatic hydroxyl groups excluding tert-OH is 2. The molecule has 1 aliphatic rings. The van der Waals surface area contributed by atoms with Gasteiger partial charge >= 0.3 is 0 Å². The van der Waals surface area contributed by atoms with Gasteiger partial charge in [-0.3, -0.25) is 10.1 Å². The Kier molecular flexibility index (Phi) is 8.63. The summed E-state index contributed by atoms with van der Waals surface area (Å²) in [5.74, 6) is -2.06. The number of carbonyl (C=O) groups excluding carboxylic acids is 1. The molecule has 0 saturated carbocycles. The molecule has 214 valence electrons. The van der Waals surface area contributed by atoms with Gasteiger partial charge in [0.25, 0.3) is 5.91 Å². The van der Waals surface area contributed by atoms with Crippen LogP contribution in [0.25, 0.3) is 0 Å². The summed E-state index contributed by atoms with van der Waals surface area (Å²) < 4.78 is 35.2. The minimum atomic E-state index is -1.57. The zero-order valence-electron chi connectivity index (χ0n) is 22.3. The van der Waals surface area contributed by atoms with Crippen LogP contribution in [0.15, 0.2) is 53.0 Å². The maximum Gasteiger partial charge on any atom is 0.253 e. The molecule has 0 aromatic heterocycles. The molecule has 0 saturated heterocycles. The Morgan fingerprint density at radius 2 is 1.85 bits per heavy atom. The summed E-state index contributed by atoms with van der Waals surface area (Å²) in [6.45, 7) is 5.51. The van der Waals surface area contributed by atoms with Crippen LogP contribution in [-0.4, -0.2) is 41.3 Å². The predicted octanol–water partition coefficient (Wildman–Crippen LogP) is 5.04. The van der Waals surface area contributed by atoms with Crippen molar-refractivity contribution in [1.82, 2.24) is 5.32 Å². The van der Waals surface area contributed by atoms with Gasteiger partial charge in [0.15, 0.2) is 5.82 Å². The van der Waals surface area contributed by atoms with E-state index in [1.165, 1.54) is 21.9 Å². The lowest BCUT2D eigenvalue weighted by atomic mass is 9.99. The molecule has 3 atom stereocenters. The topological polar surface area (TPSA) is 111 Å². The van der Waals surface area contributed by atoms with E-state index in [0.717, 1.165) is 17.7 Å². The Bertz CT molecular complexity index is 1420. The van der Waals surface area contributed by atoms with Crippen LogP contribution in [0.5, 0.6) is 5.75 Å². The number of fused-ring (bicyclic) bond motifs is 1. The lowest BCUT2D eigenvalue weighted by molar-refractivity contribution is 0.0564. The Labute approximate surface area is 244 Å². The molecular formula is C28H30BrClF2N4O4. The van der Waals surface area contributed by atoms with Crippen molar-refractivity contribution >= 4 is 44.8 Å². The van der Waals surface area contributed by atoms with Gasteiger partial charge < -0.3 is 30.5 Å². The molecule has 4 rings (SSSR count). The maximum atomic E-state index is 15.5. The number of carbonyl (C=O) groups is 1. The highest BCUT2D eigenvalue weighted by molar-refractivity contribution is 9.10. The van der Waals surface area contributed by atoms with Crippen molar-refractivity contribution in [2.75, 3.05) is 16.9 Å². The molecule has 3 unspecified atom stereocenters. The summed E-state index contributed by atoms with van der Waals surface area (Å²) in [4.78, 5) is 15.4. The van der Waals surface area contributed by atoms with E-state index in [-0.39, 0.29) is 33.0 Å². The standard InChI is InChI=1S/C28H30BrClF2N4O4/c1-28(2,3)34-26(38)23(17-11-15(31)7-10-19(17)30)36-24-20(12-18(29)22(32)21(24)25(33)37)35(27(36)39)13-14-5-8-16(40-4)9-6-14/h5-12,23,26-27,34,38-39H,13H2,1-4H3,(H2,33,37). The second-order valence-corrected chi connectivity index (χ2v) is 11.7. The van der Waals surface area contributed by atoms with E-state index in [0.29, 0.717) is 5.75 Å². The zero-order valence-corrected chi connectivity index (χ0v) is 24.6. The Balaban J connectivity index is 1.96. The van der Waals surface area contributed by atoms with Crippen LogP contribution in [0.2, 0.25) is 5.02 Å². The van der Waals surface area contributed by atoms with Crippen LogP contribution in [0, 0.1) is 11.6 Å². The van der Waals surface area contributed by atoms with E-state index in [1.807, 2.05) is 0 Å². The van der Waals surface area contributed by atoms with Gasteiger partial charge in [-0.25, -0.2) is 8.78 Å². The first-order valence-electron chi connectivity index (χ1n) is 12.3. The summed E-state index contributed by atoms with van der Waals surface area (Å²) in [6.07, 6.45) is -3.04. The Hall–Kier alpha value is -2.96. The number of methoxy groups -OCH3 is 1. The van der Waals surface area contributed by atoms with Crippen LogP contribution in [0.4, 0.5) is 20.2 Å². The second kappa shape index (κ2) is 11.5. The molecule has 8 nitrogen and oxygen atoms in total. The second-order valence-electron chi connectivity index (χ2n) is 10.5. The lowest BCUT2D eigenvalue weighted by Crippen LogP contribution is -2.54. The van der Waals surface area contributed by atoms with E-state index < -0.39 is 47.3 Å². The van der Waals surface area contributed by atoms with Gasteiger partial charge in [0.2, 0.25) is 6.35 Å². The number of nitrogens with two attached hydrogens (primary N) is 1. The Morgan fingerprint density at radius 3 is 2.42 bits per heavy atom. The van der Waals surface area contributed by atoms with Gasteiger partial charge in [-0.15, -0.1) is 0 Å². The number of nitrogens with one attached hydrogen (secondary N) is 1. The van der Waals surface area contributed by atoms with Gasteiger partial charge in [-0.05, 0) is 78.7 Å². The average Bonchev–Trinajstić information content (AvgIpc) is 3.12. The number of rotatable bonds is 8. The van der Waals surface area contributed by atoms with Crippen molar-refractivity contribution in [3.8, 4) is 5.75 Å².